The van der Waals surface area contributed by atoms with Crippen LogP contribution in [0.1, 0.15) is 76.1 Å². The van der Waals surface area contributed by atoms with Gasteiger partial charge in [-0.1, -0.05) is 23.8 Å². The van der Waals surface area contributed by atoms with Crippen LogP contribution in [-0.4, -0.2) is 50.7 Å². The molecule has 7 rings (SSSR count). The molecule has 2 aromatic heterocycles. The van der Waals surface area contributed by atoms with Gasteiger partial charge < -0.3 is 19.5 Å². The summed E-state index contributed by atoms with van der Waals surface area (Å²) in [7, 11) is 0. The van der Waals surface area contributed by atoms with Gasteiger partial charge in [0.25, 0.3) is 0 Å². The second kappa shape index (κ2) is 10.0. The first-order chi connectivity index (χ1) is 21.7. The van der Waals surface area contributed by atoms with Crippen molar-refractivity contribution < 1.29 is 28.6 Å². The molecule has 238 valence electrons. The number of carbonyl (C=O) groups excluding carboxylic acids is 3. The van der Waals surface area contributed by atoms with Crippen LogP contribution in [0.25, 0.3) is 10.9 Å². The largest absolute Gasteiger partial charge is 0.489 e. The molecule has 11 nitrogen and oxygen atoms in total. The molecule has 0 unspecified atom stereocenters. The Bertz CT molecular complexity index is 1950. The number of nitrogens with zero attached hydrogens (tertiary/aromatic N) is 4. The molecule has 4 aromatic rings. The van der Waals surface area contributed by atoms with E-state index in [1.165, 1.54) is 9.58 Å². The Kier molecular flexibility index (Phi) is 6.49. The summed E-state index contributed by atoms with van der Waals surface area (Å²) in [5.74, 6) is 1.06. The van der Waals surface area contributed by atoms with Crippen LogP contribution >= 0.6 is 0 Å². The van der Waals surface area contributed by atoms with Crippen LogP contribution < -0.4 is 15.0 Å². The van der Waals surface area contributed by atoms with E-state index < -0.39 is 28.8 Å². The molecule has 11 heteroatoms. The van der Waals surface area contributed by atoms with E-state index in [0.717, 1.165) is 28.7 Å². The van der Waals surface area contributed by atoms with Crippen LogP contribution in [-0.2, 0) is 26.1 Å². The number of imide groups is 1. The SMILES string of the molecule is Cc1ccc2c(c1)[C@]1(C[C@H]1c1ccc3c(Nc4nccc5c4OCC5)nn(C(=O)OC(C)(C)C)c3c1)C(=O)N2C(=O)OC(C)(C)C. The lowest BCUT2D eigenvalue weighted by Gasteiger charge is -2.24. The third-order valence-corrected chi connectivity index (χ3v) is 8.51. The molecule has 2 aromatic carbocycles. The van der Waals surface area contributed by atoms with Crippen molar-refractivity contribution in [2.45, 2.75) is 83.8 Å². The minimum absolute atomic E-state index is 0.233. The molecule has 1 saturated carbocycles. The summed E-state index contributed by atoms with van der Waals surface area (Å²) in [6.07, 6.45) is 1.69. The van der Waals surface area contributed by atoms with Gasteiger partial charge in [0.15, 0.2) is 17.4 Å². The lowest BCUT2D eigenvalue weighted by atomic mass is 9.91. The highest BCUT2D eigenvalue weighted by Crippen LogP contribution is 2.66. The van der Waals surface area contributed by atoms with Crippen LogP contribution in [0.2, 0.25) is 0 Å². The van der Waals surface area contributed by atoms with Gasteiger partial charge in [0.2, 0.25) is 5.91 Å². The van der Waals surface area contributed by atoms with Crippen LogP contribution in [0.4, 0.5) is 26.9 Å². The van der Waals surface area contributed by atoms with Crippen molar-refractivity contribution in [2.24, 2.45) is 0 Å². The van der Waals surface area contributed by atoms with Crippen LogP contribution in [0.3, 0.4) is 0 Å². The number of aryl methyl sites for hydroxylation is 1. The molecule has 1 N–H and O–H groups in total. The number of aromatic nitrogens is 3. The van der Waals surface area contributed by atoms with E-state index >= 15 is 0 Å². The van der Waals surface area contributed by atoms with Gasteiger partial charge in [0, 0.05) is 29.5 Å². The minimum atomic E-state index is -0.921. The molecule has 2 amide bonds. The number of rotatable bonds is 3. The monoisotopic (exact) mass is 623 g/mol. The number of nitrogens with one attached hydrogen (secondary N) is 1. The van der Waals surface area contributed by atoms with E-state index in [1.54, 1.807) is 47.7 Å². The Hall–Kier alpha value is -4.93. The van der Waals surface area contributed by atoms with E-state index in [-0.39, 0.29) is 11.8 Å². The van der Waals surface area contributed by atoms with Crippen LogP contribution in [0, 0.1) is 6.92 Å². The fourth-order valence-electron chi connectivity index (χ4n) is 6.51. The standard InChI is InChI=1S/C35H37N5O6/c1-19-8-11-25-23(16-19)35(30(41)39(25)31(42)45-33(2,3)4)18-24(35)21-9-10-22-26(17-21)40(32(43)46-34(5,6)7)38-28(22)37-29-27-20(12-14-36-29)13-15-44-27/h8-12,14,16-17,24H,13,15,18H2,1-7H3,(H,36,37,38)/t24-,35-/m0/s1. The minimum Gasteiger partial charge on any atom is -0.489 e. The van der Waals surface area contributed by atoms with Crippen molar-refractivity contribution in [1.82, 2.24) is 14.8 Å². The zero-order valence-electron chi connectivity index (χ0n) is 27.1. The van der Waals surface area contributed by atoms with Crippen molar-refractivity contribution in [3.8, 4) is 5.75 Å². The van der Waals surface area contributed by atoms with Crippen LogP contribution in [0.15, 0.2) is 48.7 Å². The molecule has 3 aliphatic rings. The Morgan fingerprint density at radius 2 is 1.72 bits per heavy atom. The smallest absolute Gasteiger partial charge is 0.435 e. The van der Waals surface area contributed by atoms with Gasteiger partial charge in [-0.25, -0.2) is 19.5 Å². The highest BCUT2D eigenvalue weighted by molar-refractivity contribution is 6.23. The maximum atomic E-state index is 14.2. The molecule has 1 spiro atoms. The topological polar surface area (TPSA) is 125 Å². The van der Waals surface area contributed by atoms with E-state index in [9.17, 15) is 14.4 Å². The molecular formula is C35H37N5O6. The summed E-state index contributed by atoms with van der Waals surface area (Å²) in [6.45, 7) is 13.3. The summed E-state index contributed by atoms with van der Waals surface area (Å²) >= 11 is 0. The number of amides is 2. The average molecular weight is 624 g/mol. The Labute approximate surface area is 266 Å². The first-order valence-electron chi connectivity index (χ1n) is 15.5. The second-order valence-corrected chi connectivity index (χ2v) is 14.3. The predicted octanol–water partition coefficient (Wildman–Crippen LogP) is 6.91. The van der Waals surface area contributed by atoms with E-state index in [1.807, 2.05) is 49.4 Å². The summed E-state index contributed by atoms with van der Waals surface area (Å²) in [5.41, 5.74) is 2.31. The Morgan fingerprint density at radius 1 is 0.978 bits per heavy atom. The number of benzene rings is 2. The second-order valence-electron chi connectivity index (χ2n) is 14.3. The fourth-order valence-corrected chi connectivity index (χ4v) is 6.51. The summed E-state index contributed by atoms with van der Waals surface area (Å²) < 4.78 is 18.4. The highest BCUT2D eigenvalue weighted by atomic mass is 16.6. The number of ether oxygens (including phenoxy) is 3. The number of fused-ring (bicyclic) bond motifs is 4. The molecule has 46 heavy (non-hydrogen) atoms. The van der Waals surface area contributed by atoms with E-state index in [4.69, 9.17) is 14.2 Å². The number of carbonyl (C=O) groups is 3. The molecule has 1 fully saturated rings. The zero-order valence-corrected chi connectivity index (χ0v) is 27.1. The summed E-state index contributed by atoms with van der Waals surface area (Å²) in [6, 6.07) is 13.3. The van der Waals surface area contributed by atoms with Crippen molar-refractivity contribution >= 4 is 46.3 Å². The van der Waals surface area contributed by atoms with Gasteiger partial charge in [0.1, 0.15) is 11.2 Å². The van der Waals surface area contributed by atoms with Gasteiger partial charge in [-0.3, -0.25) is 4.79 Å². The van der Waals surface area contributed by atoms with Crippen molar-refractivity contribution in [3.05, 3.63) is 70.9 Å². The van der Waals surface area contributed by atoms with Crippen molar-refractivity contribution in [3.63, 3.8) is 0 Å². The maximum Gasteiger partial charge on any atom is 0.435 e. The normalized spacial score (nSPS) is 20.0. The van der Waals surface area contributed by atoms with Crippen molar-refractivity contribution in [1.29, 1.82) is 0 Å². The van der Waals surface area contributed by atoms with Gasteiger partial charge >= 0.3 is 12.2 Å². The maximum absolute atomic E-state index is 14.2. The van der Waals surface area contributed by atoms with Crippen molar-refractivity contribution in [2.75, 3.05) is 16.8 Å². The first-order valence-corrected chi connectivity index (χ1v) is 15.5. The number of anilines is 3. The quantitative estimate of drug-likeness (QED) is 0.259. The van der Waals surface area contributed by atoms with E-state index in [0.29, 0.717) is 47.0 Å². The average Bonchev–Trinajstić information content (AvgIpc) is 3.22. The zero-order chi connectivity index (χ0) is 32.8. The molecule has 0 radical (unpaired) electrons. The molecule has 2 aliphatic heterocycles. The molecule has 0 bridgehead atoms. The molecule has 0 saturated heterocycles. The lowest BCUT2D eigenvalue weighted by Crippen LogP contribution is -2.41. The number of hydrogen-bond acceptors (Lipinski definition) is 9. The van der Waals surface area contributed by atoms with E-state index in [2.05, 4.69) is 15.4 Å². The fraction of sp³-hybridized carbons (Fsp3) is 0.400. The Balaban J connectivity index is 1.30. The third kappa shape index (κ3) is 4.85. The first kappa shape index (κ1) is 29.8. The molecular weight excluding hydrogens is 586 g/mol. The highest BCUT2D eigenvalue weighted by Gasteiger charge is 2.68. The van der Waals surface area contributed by atoms with Crippen LogP contribution in [0.5, 0.6) is 5.75 Å². The summed E-state index contributed by atoms with van der Waals surface area (Å²) in [4.78, 5) is 46.6. The number of pyridine rings is 1. The van der Waals surface area contributed by atoms with Gasteiger partial charge in [-0.05, 0) is 90.3 Å². The lowest BCUT2D eigenvalue weighted by molar-refractivity contribution is -0.120. The number of hydrogen-bond donors (Lipinski definition) is 1. The molecule has 2 atom stereocenters. The summed E-state index contributed by atoms with van der Waals surface area (Å²) in [5, 5.41) is 8.58. The molecule has 1 aliphatic carbocycles. The third-order valence-electron chi connectivity index (χ3n) is 8.51. The van der Waals surface area contributed by atoms with Gasteiger partial charge in [-0.15, -0.1) is 5.10 Å². The van der Waals surface area contributed by atoms with Gasteiger partial charge in [-0.2, -0.15) is 4.68 Å². The Morgan fingerprint density at radius 3 is 2.46 bits per heavy atom. The molecule has 4 heterocycles. The predicted molar refractivity (Wildman–Crippen MR) is 172 cm³/mol. The van der Waals surface area contributed by atoms with Gasteiger partial charge in [0.05, 0.1) is 23.2 Å².